The second-order valence-electron chi connectivity index (χ2n) is 4.95. The summed E-state index contributed by atoms with van der Waals surface area (Å²) in [5, 5.41) is 13.4. The molecule has 136 valence electrons. The number of nitrogens with zero attached hydrogens (tertiary/aromatic N) is 1. The molecule has 1 heterocycles. The molecule has 10 heteroatoms. The lowest BCUT2D eigenvalue weighted by atomic mass is 10.2. The number of thiophene rings is 1. The van der Waals surface area contributed by atoms with Crippen molar-refractivity contribution >= 4 is 33.2 Å². The largest absolute Gasteiger partial charge is 0.455 e. The highest BCUT2D eigenvalue weighted by Crippen LogP contribution is 2.13. The summed E-state index contributed by atoms with van der Waals surface area (Å²) in [5.41, 5.74) is -0.0404. The summed E-state index contributed by atoms with van der Waals surface area (Å²) in [5.74, 6) is -1.40. The van der Waals surface area contributed by atoms with Crippen molar-refractivity contribution in [2.45, 2.75) is 11.4 Å². The van der Waals surface area contributed by atoms with E-state index in [1.54, 1.807) is 6.07 Å². The lowest BCUT2D eigenvalue weighted by Crippen LogP contribution is -2.34. The Balaban J connectivity index is 1.79. The number of nitriles is 1. The molecule has 26 heavy (non-hydrogen) atoms. The molecule has 8 nitrogen and oxygen atoms in total. The van der Waals surface area contributed by atoms with E-state index in [9.17, 15) is 18.0 Å². The fourth-order valence-corrected chi connectivity index (χ4v) is 3.64. The van der Waals surface area contributed by atoms with E-state index in [0.29, 0.717) is 6.54 Å². The van der Waals surface area contributed by atoms with Crippen LogP contribution in [0, 0.1) is 11.3 Å². The van der Waals surface area contributed by atoms with Gasteiger partial charge in [-0.3, -0.25) is 9.59 Å². The molecule has 0 aliphatic heterocycles. The maximum atomic E-state index is 12.1. The molecular formula is C16H15N3O5S2. The SMILES string of the molecule is N#Cc1ccccc1S(=O)(=O)NCC(=O)OCC(=O)NCc1cccs1. The van der Waals surface area contributed by atoms with Crippen LogP contribution in [0.3, 0.4) is 0 Å². The zero-order valence-electron chi connectivity index (χ0n) is 13.5. The van der Waals surface area contributed by atoms with Gasteiger partial charge < -0.3 is 10.1 Å². The van der Waals surface area contributed by atoms with Gasteiger partial charge in [-0.1, -0.05) is 18.2 Å². The number of carbonyl (C=O) groups excluding carboxylic acids is 2. The van der Waals surface area contributed by atoms with Crippen molar-refractivity contribution in [3.05, 3.63) is 52.2 Å². The summed E-state index contributed by atoms with van der Waals surface area (Å²) in [6.45, 7) is -0.841. The minimum absolute atomic E-state index is 0.0404. The highest BCUT2D eigenvalue weighted by atomic mass is 32.2. The molecule has 2 rings (SSSR count). The summed E-state index contributed by atoms with van der Waals surface area (Å²) < 4.78 is 31.0. The highest BCUT2D eigenvalue weighted by Gasteiger charge is 2.19. The van der Waals surface area contributed by atoms with Crippen LogP contribution in [-0.2, 0) is 30.9 Å². The number of ether oxygens (including phenoxy) is 1. The lowest BCUT2D eigenvalue weighted by molar-refractivity contribution is -0.147. The van der Waals surface area contributed by atoms with Gasteiger partial charge >= 0.3 is 5.97 Å². The first-order valence-electron chi connectivity index (χ1n) is 7.36. The molecule has 1 amide bonds. The highest BCUT2D eigenvalue weighted by molar-refractivity contribution is 7.89. The molecule has 0 spiro atoms. The Morgan fingerprint density at radius 1 is 1.19 bits per heavy atom. The number of hydrogen-bond donors (Lipinski definition) is 2. The third kappa shape index (κ3) is 5.66. The van der Waals surface area contributed by atoms with Crippen LogP contribution in [0.2, 0.25) is 0 Å². The number of rotatable bonds is 8. The first-order valence-corrected chi connectivity index (χ1v) is 9.72. The molecule has 2 N–H and O–H groups in total. The molecule has 0 radical (unpaired) electrons. The first kappa shape index (κ1) is 19.6. The fraction of sp³-hybridized carbons (Fsp3) is 0.188. The van der Waals surface area contributed by atoms with Crippen LogP contribution in [0.5, 0.6) is 0 Å². The molecule has 0 saturated carbocycles. The minimum Gasteiger partial charge on any atom is -0.455 e. The quantitative estimate of drug-likeness (QED) is 0.638. The van der Waals surface area contributed by atoms with Crippen LogP contribution in [0.15, 0.2) is 46.7 Å². The van der Waals surface area contributed by atoms with Crippen molar-refractivity contribution in [3.63, 3.8) is 0 Å². The van der Waals surface area contributed by atoms with E-state index in [-0.39, 0.29) is 10.5 Å². The Kier molecular flexibility index (Phi) is 6.85. The average molecular weight is 393 g/mol. The van der Waals surface area contributed by atoms with Gasteiger partial charge in [0.1, 0.15) is 12.6 Å². The third-order valence-electron chi connectivity index (χ3n) is 3.11. The van der Waals surface area contributed by atoms with Gasteiger partial charge in [0.2, 0.25) is 10.0 Å². The summed E-state index contributed by atoms with van der Waals surface area (Å²) >= 11 is 1.48. The van der Waals surface area contributed by atoms with Crippen molar-refractivity contribution in [1.82, 2.24) is 10.0 Å². The third-order valence-corrected chi connectivity index (χ3v) is 5.44. The molecule has 0 unspecified atom stereocenters. The number of sulfonamides is 1. The van der Waals surface area contributed by atoms with Crippen LogP contribution in [0.25, 0.3) is 0 Å². The Morgan fingerprint density at radius 2 is 1.96 bits per heavy atom. The molecule has 0 bridgehead atoms. The van der Waals surface area contributed by atoms with Crippen molar-refractivity contribution in [3.8, 4) is 6.07 Å². The maximum absolute atomic E-state index is 12.1. The summed E-state index contributed by atoms with van der Waals surface area (Å²) in [6, 6.07) is 11.1. The number of amides is 1. The van der Waals surface area contributed by atoms with E-state index < -0.39 is 35.1 Å². The van der Waals surface area contributed by atoms with Gasteiger partial charge in [-0.2, -0.15) is 9.98 Å². The molecule has 2 aromatic rings. The normalized spacial score (nSPS) is 10.7. The smallest absolute Gasteiger partial charge is 0.321 e. The first-order chi connectivity index (χ1) is 12.4. The van der Waals surface area contributed by atoms with E-state index in [2.05, 4.69) is 5.32 Å². The van der Waals surface area contributed by atoms with Crippen LogP contribution in [-0.4, -0.2) is 33.4 Å². The van der Waals surface area contributed by atoms with Gasteiger partial charge in [0, 0.05) is 4.88 Å². The molecule has 0 aliphatic rings. The van der Waals surface area contributed by atoms with Crippen molar-refractivity contribution in [1.29, 1.82) is 5.26 Å². The van der Waals surface area contributed by atoms with Crippen molar-refractivity contribution in [2.75, 3.05) is 13.2 Å². The fourth-order valence-electron chi connectivity index (χ4n) is 1.87. The van der Waals surface area contributed by atoms with E-state index in [1.165, 1.54) is 35.6 Å². The van der Waals surface area contributed by atoms with Gasteiger partial charge in [-0.15, -0.1) is 11.3 Å². The Hall–Kier alpha value is -2.74. The molecule has 0 aliphatic carbocycles. The number of esters is 1. The van der Waals surface area contributed by atoms with Gasteiger partial charge in [0.15, 0.2) is 6.61 Å². The van der Waals surface area contributed by atoms with Gasteiger partial charge in [0.25, 0.3) is 5.91 Å². The Labute approximate surface area is 154 Å². The van der Waals surface area contributed by atoms with Crippen molar-refractivity contribution < 1.29 is 22.7 Å². The standard InChI is InChI=1S/C16H15N3O5S2/c17-8-12-4-1-2-6-14(12)26(22,23)19-10-16(21)24-11-15(20)18-9-13-5-3-7-25-13/h1-7,19H,9-11H2,(H,18,20). The van der Waals surface area contributed by atoms with E-state index >= 15 is 0 Å². The lowest BCUT2D eigenvalue weighted by Gasteiger charge is -2.08. The van der Waals surface area contributed by atoms with Gasteiger partial charge in [0.05, 0.1) is 17.0 Å². The summed E-state index contributed by atoms with van der Waals surface area (Å²) in [6.07, 6.45) is 0. The molecule has 0 fully saturated rings. The van der Waals surface area contributed by atoms with Crippen LogP contribution in [0.1, 0.15) is 10.4 Å². The number of benzene rings is 1. The second kappa shape index (κ2) is 9.10. The van der Waals surface area contributed by atoms with Gasteiger partial charge in [-0.25, -0.2) is 8.42 Å². The molecular weight excluding hydrogens is 378 g/mol. The maximum Gasteiger partial charge on any atom is 0.321 e. The van der Waals surface area contributed by atoms with Crippen LogP contribution < -0.4 is 10.0 Å². The van der Waals surface area contributed by atoms with Gasteiger partial charge in [-0.05, 0) is 23.6 Å². The molecule has 0 atom stereocenters. The summed E-state index contributed by atoms with van der Waals surface area (Å²) in [7, 11) is -4.05. The Bertz CT molecular complexity index is 918. The monoisotopic (exact) mass is 393 g/mol. The predicted molar refractivity (Wildman–Crippen MR) is 93.5 cm³/mol. The zero-order valence-corrected chi connectivity index (χ0v) is 15.1. The number of hydrogen-bond acceptors (Lipinski definition) is 7. The van der Waals surface area contributed by atoms with E-state index in [4.69, 9.17) is 10.00 Å². The zero-order chi connectivity index (χ0) is 19.0. The predicted octanol–water partition coefficient (Wildman–Crippen LogP) is 0.758. The molecule has 1 aromatic heterocycles. The number of nitrogens with one attached hydrogen (secondary N) is 2. The van der Waals surface area contributed by atoms with Crippen molar-refractivity contribution in [2.24, 2.45) is 0 Å². The van der Waals surface area contributed by atoms with E-state index in [1.807, 2.05) is 22.2 Å². The Morgan fingerprint density at radius 3 is 2.65 bits per heavy atom. The minimum atomic E-state index is -4.05. The number of carbonyl (C=O) groups is 2. The summed E-state index contributed by atoms with van der Waals surface area (Å²) in [4.78, 5) is 23.9. The second-order valence-corrected chi connectivity index (χ2v) is 7.72. The average Bonchev–Trinajstić information content (AvgIpc) is 3.16. The van der Waals surface area contributed by atoms with Crippen LogP contribution >= 0.6 is 11.3 Å². The topological polar surface area (TPSA) is 125 Å². The molecule has 0 saturated heterocycles. The van der Waals surface area contributed by atoms with Crippen LogP contribution in [0.4, 0.5) is 0 Å². The molecule has 1 aromatic carbocycles. The van der Waals surface area contributed by atoms with E-state index in [0.717, 1.165) is 4.88 Å².